The maximum Gasteiger partial charge on any atom is 0.260 e. The van der Waals surface area contributed by atoms with Gasteiger partial charge >= 0.3 is 0 Å². The van der Waals surface area contributed by atoms with Crippen LogP contribution in [0.2, 0.25) is 0 Å². The summed E-state index contributed by atoms with van der Waals surface area (Å²) in [6.45, 7) is 4.65. The third kappa shape index (κ3) is 6.57. The first kappa shape index (κ1) is 16.5. The minimum absolute atomic E-state index is 0.0892. The highest BCUT2D eigenvalue weighted by atomic mass is 16.5. The van der Waals surface area contributed by atoms with Gasteiger partial charge in [0.1, 0.15) is 5.75 Å². The topological polar surface area (TPSA) is 58.6 Å². The Balaban J connectivity index is 2.22. The summed E-state index contributed by atoms with van der Waals surface area (Å²) in [6.07, 6.45) is 3.30. The number of carbonyl (C=O) groups is 1. The predicted molar refractivity (Wildman–Crippen MR) is 79.8 cm³/mol. The van der Waals surface area contributed by atoms with Crippen LogP contribution in [0.25, 0.3) is 0 Å². The molecule has 0 radical (unpaired) electrons. The average molecular weight is 279 g/mol. The average Bonchev–Trinajstić information content (AvgIpc) is 2.42. The molecule has 0 heterocycles. The molecule has 0 aliphatic carbocycles. The van der Waals surface area contributed by atoms with E-state index in [4.69, 9.17) is 9.84 Å². The number of aryl methyl sites for hydroxylation is 1. The van der Waals surface area contributed by atoms with Crippen LogP contribution in [-0.4, -0.2) is 30.3 Å². The molecule has 1 unspecified atom stereocenters. The second-order valence-corrected chi connectivity index (χ2v) is 5.01. The summed E-state index contributed by atoms with van der Waals surface area (Å²) in [5.41, 5.74) is 1.11. The number of hydrogen-bond donors (Lipinski definition) is 2. The van der Waals surface area contributed by atoms with Crippen LogP contribution >= 0.6 is 0 Å². The van der Waals surface area contributed by atoms with Crippen LogP contribution in [0.3, 0.4) is 0 Å². The van der Waals surface area contributed by atoms with E-state index < -0.39 is 6.10 Å². The Morgan fingerprint density at radius 1 is 1.30 bits per heavy atom. The smallest absolute Gasteiger partial charge is 0.260 e. The second-order valence-electron chi connectivity index (χ2n) is 5.01. The minimum Gasteiger partial charge on any atom is -0.481 e. The number of rotatable bonds is 9. The van der Waals surface area contributed by atoms with E-state index >= 15 is 0 Å². The number of unbranched alkanes of at least 4 members (excludes halogenated alkanes) is 3. The lowest BCUT2D eigenvalue weighted by Crippen LogP contribution is -2.36. The number of nitrogens with one attached hydrogen (secondary N) is 1. The molecular weight excluding hydrogens is 254 g/mol. The van der Waals surface area contributed by atoms with Crippen LogP contribution in [0.1, 0.15) is 38.2 Å². The number of aliphatic hydroxyl groups is 1. The largest absolute Gasteiger partial charge is 0.481 e. The van der Waals surface area contributed by atoms with Crippen molar-refractivity contribution in [2.75, 3.05) is 13.2 Å². The standard InChI is InChI=1S/C16H25NO3/c1-13-8-7-9-15(12-13)20-14(2)16(19)17-10-5-3-4-6-11-18/h7-9,12,14,18H,3-6,10-11H2,1-2H3,(H,17,19). The van der Waals surface area contributed by atoms with Gasteiger partial charge in [-0.05, 0) is 44.4 Å². The molecule has 112 valence electrons. The molecule has 0 saturated carbocycles. The van der Waals surface area contributed by atoms with Gasteiger partial charge in [-0.1, -0.05) is 25.0 Å². The number of amides is 1. The van der Waals surface area contributed by atoms with Crippen LogP contribution in [-0.2, 0) is 4.79 Å². The SMILES string of the molecule is Cc1cccc(OC(C)C(=O)NCCCCCCO)c1. The number of aliphatic hydroxyl groups excluding tert-OH is 1. The van der Waals surface area contributed by atoms with Gasteiger partial charge < -0.3 is 15.2 Å². The molecule has 0 aromatic heterocycles. The fraction of sp³-hybridized carbons (Fsp3) is 0.562. The van der Waals surface area contributed by atoms with E-state index in [0.29, 0.717) is 6.54 Å². The zero-order chi connectivity index (χ0) is 14.8. The van der Waals surface area contributed by atoms with Gasteiger partial charge in [0.2, 0.25) is 0 Å². The van der Waals surface area contributed by atoms with E-state index in [0.717, 1.165) is 37.0 Å². The Labute approximate surface area is 121 Å². The molecular formula is C16H25NO3. The molecule has 4 heteroatoms. The van der Waals surface area contributed by atoms with Crippen molar-refractivity contribution in [2.24, 2.45) is 0 Å². The van der Waals surface area contributed by atoms with Gasteiger partial charge in [-0.3, -0.25) is 4.79 Å². The molecule has 1 aromatic carbocycles. The summed E-state index contributed by atoms with van der Waals surface area (Å²) in [6, 6.07) is 7.67. The first-order valence-electron chi connectivity index (χ1n) is 7.25. The fourth-order valence-corrected chi connectivity index (χ4v) is 1.89. The number of carbonyl (C=O) groups excluding carboxylic acids is 1. The lowest BCUT2D eigenvalue weighted by atomic mass is 10.2. The molecule has 1 rings (SSSR count). The van der Waals surface area contributed by atoms with Crippen molar-refractivity contribution < 1.29 is 14.6 Å². The molecule has 0 aliphatic rings. The number of hydrogen-bond acceptors (Lipinski definition) is 3. The zero-order valence-corrected chi connectivity index (χ0v) is 12.4. The van der Waals surface area contributed by atoms with E-state index in [1.807, 2.05) is 31.2 Å². The fourth-order valence-electron chi connectivity index (χ4n) is 1.89. The predicted octanol–water partition coefficient (Wildman–Crippen LogP) is 2.43. The van der Waals surface area contributed by atoms with Crippen molar-refractivity contribution >= 4 is 5.91 Å². The molecule has 1 amide bonds. The van der Waals surface area contributed by atoms with Crippen molar-refractivity contribution in [3.8, 4) is 5.75 Å². The molecule has 4 nitrogen and oxygen atoms in total. The van der Waals surface area contributed by atoms with Crippen LogP contribution in [0, 0.1) is 6.92 Å². The Morgan fingerprint density at radius 2 is 2.05 bits per heavy atom. The summed E-state index contributed by atoms with van der Waals surface area (Å²) in [4.78, 5) is 11.8. The molecule has 2 N–H and O–H groups in total. The minimum atomic E-state index is -0.491. The maximum atomic E-state index is 11.8. The van der Waals surface area contributed by atoms with Crippen LogP contribution < -0.4 is 10.1 Å². The maximum absolute atomic E-state index is 11.8. The number of ether oxygens (including phenoxy) is 1. The molecule has 1 aromatic rings. The number of benzene rings is 1. The van der Waals surface area contributed by atoms with Gasteiger partial charge in [0.15, 0.2) is 6.10 Å². The highest BCUT2D eigenvalue weighted by molar-refractivity contribution is 5.80. The van der Waals surface area contributed by atoms with Crippen LogP contribution in [0.4, 0.5) is 0 Å². The molecule has 0 bridgehead atoms. The molecule has 20 heavy (non-hydrogen) atoms. The molecule has 0 fully saturated rings. The van der Waals surface area contributed by atoms with Gasteiger partial charge in [0.25, 0.3) is 5.91 Å². The Bertz CT molecular complexity index is 406. The van der Waals surface area contributed by atoms with Gasteiger partial charge in [0.05, 0.1) is 0 Å². The first-order chi connectivity index (χ1) is 9.63. The third-order valence-corrected chi connectivity index (χ3v) is 3.06. The Morgan fingerprint density at radius 3 is 2.75 bits per heavy atom. The Hall–Kier alpha value is -1.55. The summed E-state index contributed by atoms with van der Waals surface area (Å²) in [7, 11) is 0. The van der Waals surface area contributed by atoms with E-state index in [1.165, 1.54) is 0 Å². The summed E-state index contributed by atoms with van der Waals surface area (Å²) >= 11 is 0. The monoisotopic (exact) mass is 279 g/mol. The van der Waals surface area contributed by atoms with Crippen molar-refractivity contribution in [1.29, 1.82) is 0 Å². The van der Waals surface area contributed by atoms with E-state index in [2.05, 4.69) is 5.32 Å². The van der Waals surface area contributed by atoms with Gasteiger partial charge in [-0.25, -0.2) is 0 Å². The molecule has 0 aliphatic heterocycles. The summed E-state index contributed by atoms with van der Waals surface area (Å²) < 4.78 is 5.61. The molecule has 0 saturated heterocycles. The summed E-state index contributed by atoms with van der Waals surface area (Å²) in [5, 5.41) is 11.5. The van der Waals surface area contributed by atoms with Crippen molar-refractivity contribution in [3.05, 3.63) is 29.8 Å². The molecule has 1 atom stereocenters. The lowest BCUT2D eigenvalue weighted by molar-refractivity contribution is -0.127. The van der Waals surface area contributed by atoms with Crippen molar-refractivity contribution in [1.82, 2.24) is 5.32 Å². The van der Waals surface area contributed by atoms with Gasteiger partial charge in [-0.2, -0.15) is 0 Å². The highest BCUT2D eigenvalue weighted by Crippen LogP contribution is 2.14. The van der Waals surface area contributed by atoms with E-state index in [1.54, 1.807) is 6.92 Å². The first-order valence-corrected chi connectivity index (χ1v) is 7.25. The van der Waals surface area contributed by atoms with Crippen LogP contribution in [0.15, 0.2) is 24.3 Å². The van der Waals surface area contributed by atoms with Crippen molar-refractivity contribution in [3.63, 3.8) is 0 Å². The van der Waals surface area contributed by atoms with E-state index in [9.17, 15) is 4.79 Å². The van der Waals surface area contributed by atoms with Gasteiger partial charge in [0, 0.05) is 13.2 Å². The normalized spacial score (nSPS) is 11.9. The van der Waals surface area contributed by atoms with E-state index in [-0.39, 0.29) is 12.5 Å². The van der Waals surface area contributed by atoms with Crippen LogP contribution in [0.5, 0.6) is 5.75 Å². The lowest BCUT2D eigenvalue weighted by Gasteiger charge is -2.15. The molecule has 0 spiro atoms. The quantitative estimate of drug-likeness (QED) is 0.683. The zero-order valence-electron chi connectivity index (χ0n) is 12.4. The second kappa shape index (κ2) is 9.37. The van der Waals surface area contributed by atoms with Crippen molar-refractivity contribution in [2.45, 2.75) is 45.6 Å². The summed E-state index contributed by atoms with van der Waals surface area (Å²) in [5.74, 6) is 0.629. The van der Waals surface area contributed by atoms with Gasteiger partial charge in [-0.15, -0.1) is 0 Å². The highest BCUT2D eigenvalue weighted by Gasteiger charge is 2.13. The Kier molecular flexibility index (Phi) is 7.73. The third-order valence-electron chi connectivity index (χ3n) is 3.06.